The first-order chi connectivity index (χ1) is 27.4. The lowest BCUT2D eigenvalue weighted by atomic mass is 9.91. The minimum atomic E-state index is -0.761. The smallest absolute Gasteiger partial charge is 0.358 e. The number of pyridine rings is 1. The van der Waals surface area contributed by atoms with Gasteiger partial charge in [-0.3, -0.25) is 19.8 Å². The number of thiazole rings is 1. The number of hydrogen-bond acceptors (Lipinski definition) is 10. The Kier molecular flexibility index (Phi) is 12.2. The van der Waals surface area contributed by atoms with Crippen molar-refractivity contribution in [3.63, 3.8) is 0 Å². The van der Waals surface area contributed by atoms with E-state index in [2.05, 4.69) is 21.3 Å². The summed E-state index contributed by atoms with van der Waals surface area (Å²) in [7, 11) is 0. The van der Waals surface area contributed by atoms with E-state index in [4.69, 9.17) is 19.6 Å². The summed E-state index contributed by atoms with van der Waals surface area (Å²) in [5.74, 6) is 0.536. The Balaban J connectivity index is 1.06. The van der Waals surface area contributed by atoms with Crippen LogP contribution in [0.1, 0.15) is 90.4 Å². The molecule has 1 fully saturated rings. The number of esters is 1. The van der Waals surface area contributed by atoms with Gasteiger partial charge in [-0.1, -0.05) is 54.2 Å². The predicted molar refractivity (Wildman–Crippen MR) is 224 cm³/mol. The van der Waals surface area contributed by atoms with Crippen LogP contribution in [0.3, 0.4) is 0 Å². The highest BCUT2D eigenvalue weighted by Crippen LogP contribution is 2.35. The van der Waals surface area contributed by atoms with E-state index in [0.29, 0.717) is 54.1 Å². The number of carbonyl (C=O) groups is 3. The molecule has 0 saturated carbocycles. The fraction of sp³-hybridized carbons (Fsp3) is 0.400. The van der Waals surface area contributed by atoms with Crippen molar-refractivity contribution in [1.29, 1.82) is 0 Å². The number of carbonyl (C=O) groups excluding carboxylic acids is 2. The van der Waals surface area contributed by atoms with Gasteiger partial charge in [-0.15, -0.1) is 0 Å². The number of nitrogens with one attached hydrogen (secondary N) is 1. The first-order valence-electron chi connectivity index (χ1n) is 19.9. The quantitative estimate of drug-likeness (QED) is 0.0881. The third-order valence-electron chi connectivity index (χ3n) is 10.7. The van der Waals surface area contributed by atoms with Crippen LogP contribution in [0, 0.1) is 12.8 Å². The van der Waals surface area contributed by atoms with E-state index < -0.39 is 17.5 Å². The van der Waals surface area contributed by atoms with Crippen LogP contribution in [0.25, 0.3) is 21.3 Å². The number of piperidine rings is 1. The van der Waals surface area contributed by atoms with Crippen molar-refractivity contribution in [3.05, 3.63) is 101 Å². The summed E-state index contributed by atoms with van der Waals surface area (Å²) in [5.41, 5.74) is 5.40. The van der Waals surface area contributed by atoms with Gasteiger partial charge in [0.25, 0.3) is 5.91 Å². The summed E-state index contributed by atoms with van der Waals surface area (Å²) in [5, 5.41) is 12.6. The van der Waals surface area contributed by atoms with Crippen LogP contribution < -0.4 is 15.0 Å². The Morgan fingerprint density at radius 3 is 2.47 bits per heavy atom. The number of unbranched alkanes of at least 4 members (excludes halogenated alkanes) is 1. The van der Waals surface area contributed by atoms with Crippen molar-refractivity contribution in [2.75, 3.05) is 43.0 Å². The van der Waals surface area contributed by atoms with E-state index in [-0.39, 0.29) is 18.1 Å². The zero-order valence-corrected chi connectivity index (χ0v) is 34.0. The van der Waals surface area contributed by atoms with E-state index in [0.717, 1.165) is 83.4 Å². The van der Waals surface area contributed by atoms with Crippen molar-refractivity contribution in [3.8, 4) is 16.9 Å². The molecule has 3 aromatic carbocycles. The molecule has 4 heterocycles. The van der Waals surface area contributed by atoms with Gasteiger partial charge in [-0.2, -0.15) is 0 Å². The van der Waals surface area contributed by atoms with E-state index >= 15 is 0 Å². The minimum absolute atomic E-state index is 0.127. The molecule has 1 amide bonds. The predicted octanol–water partition coefficient (Wildman–Crippen LogP) is 8.78. The summed E-state index contributed by atoms with van der Waals surface area (Å²) in [6, 6.07) is 23.4. The number of carboxylic acids is 1. The number of nitrogens with zero attached hydrogens (tertiary/aromatic N) is 4. The number of para-hydroxylation sites is 1. The van der Waals surface area contributed by atoms with Gasteiger partial charge in [-0.25, -0.2) is 14.8 Å². The molecule has 2 aromatic heterocycles. The zero-order valence-electron chi connectivity index (χ0n) is 33.2. The summed E-state index contributed by atoms with van der Waals surface area (Å²) >= 11 is 1.45. The lowest BCUT2D eigenvalue weighted by Crippen LogP contribution is -2.37. The Bertz CT molecular complexity index is 2220. The van der Waals surface area contributed by atoms with E-state index in [1.807, 2.05) is 99.3 Å². The number of fused-ring (bicyclic) bond motifs is 2. The molecule has 2 N–H and O–H groups in total. The molecule has 0 bridgehead atoms. The highest BCUT2D eigenvalue weighted by Gasteiger charge is 2.28. The number of rotatable bonds is 13. The molecule has 2 aliphatic heterocycles. The lowest BCUT2D eigenvalue weighted by molar-refractivity contribution is -0.138. The molecular weight excluding hydrogens is 739 g/mol. The van der Waals surface area contributed by atoms with Crippen LogP contribution >= 0.6 is 11.3 Å². The van der Waals surface area contributed by atoms with Crippen LogP contribution in [0.4, 0.5) is 10.9 Å². The molecule has 7 rings (SSSR count). The van der Waals surface area contributed by atoms with Gasteiger partial charge in [0.05, 0.1) is 23.4 Å². The fourth-order valence-corrected chi connectivity index (χ4v) is 8.67. The van der Waals surface area contributed by atoms with Gasteiger partial charge in [0, 0.05) is 24.2 Å². The van der Waals surface area contributed by atoms with Gasteiger partial charge >= 0.3 is 11.9 Å². The minimum Gasteiger partial charge on any atom is -0.493 e. The van der Waals surface area contributed by atoms with Crippen molar-refractivity contribution < 1.29 is 29.0 Å². The second-order valence-electron chi connectivity index (χ2n) is 16.0. The molecule has 2 aliphatic rings. The van der Waals surface area contributed by atoms with Crippen molar-refractivity contribution >= 4 is 50.3 Å². The highest BCUT2D eigenvalue weighted by atomic mass is 32.1. The Hall–Kier alpha value is -5.33. The first-order valence-corrected chi connectivity index (χ1v) is 20.7. The van der Waals surface area contributed by atoms with Crippen LogP contribution in [-0.4, -0.2) is 76.2 Å². The number of amides is 1. The molecule has 12 heteroatoms. The third-order valence-corrected chi connectivity index (χ3v) is 11.7. The van der Waals surface area contributed by atoms with Crippen LogP contribution in [0.15, 0.2) is 72.8 Å². The number of aromatic nitrogens is 2. The van der Waals surface area contributed by atoms with Gasteiger partial charge in [0.1, 0.15) is 17.2 Å². The molecule has 11 nitrogen and oxygen atoms in total. The van der Waals surface area contributed by atoms with Gasteiger partial charge in [0.15, 0.2) is 10.8 Å². The molecule has 1 saturated heterocycles. The topological polar surface area (TPSA) is 134 Å². The lowest BCUT2D eigenvalue weighted by Gasteiger charge is -2.31. The second kappa shape index (κ2) is 17.4. The third kappa shape index (κ3) is 9.80. The van der Waals surface area contributed by atoms with Crippen LogP contribution in [0.5, 0.6) is 5.75 Å². The molecule has 0 unspecified atom stereocenters. The van der Waals surface area contributed by atoms with Gasteiger partial charge < -0.3 is 19.5 Å². The SMILES string of the molecule is Cc1c(OCCCCC2CCN(CC(=O)O)CC2)cccc1-c1ccc(N2CCc3cccc(C(=O)Nc4nc5ccccc5s4)c3C2)nc1C(=O)OC(C)(C)C. The summed E-state index contributed by atoms with van der Waals surface area (Å²) in [6.07, 6.45) is 5.87. The van der Waals surface area contributed by atoms with Crippen molar-refractivity contribution in [2.24, 2.45) is 5.92 Å². The average Bonchev–Trinajstić information content (AvgIpc) is 3.60. The summed E-state index contributed by atoms with van der Waals surface area (Å²) in [4.78, 5) is 52.3. The van der Waals surface area contributed by atoms with Crippen molar-refractivity contribution in [1.82, 2.24) is 14.9 Å². The maximum absolute atomic E-state index is 13.9. The summed E-state index contributed by atoms with van der Waals surface area (Å²) < 4.78 is 13.2. The molecule has 0 aliphatic carbocycles. The number of likely N-dealkylation sites (tertiary alicyclic amines) is 1. The number of aliphatic carboxylic acids is 1. The summed E-state index contributed by atoms with van der Waals surface area (Å²) in [6.45, 7) is 11.1. The largest absolute Gasteiger partial charge is 0.493 e. The number of ether oxygens (including phenoxy) is 2. The Morgan fingerprint density at radius 1 is 0.912 bits per heavy atom. The molecular formula is C45H51N5O6S. The molecule has 5 aromatic rings. The molecule has 0 spiro atoms. The monoisotopic (exact) mass is 789 g/mol. The number of carboxylic acid groups (broad SMARTS) is 1. The van der Waals surface area contributed by atoms with E-state index in [1.165, 1.54) is 11.3 Å². The highest BCUT2D eigenvalue weighted by molar-refractivity contribution is 7.22. The van der Waals surface area contributed by atoms with Gasteiger partial charge in [0.2, 0.25) is 0 Å². The number of anilines is 2. The normalized spacial score (nSPS) is 15.0. The van der Waals surface area contributed by atoms with Crippen LogP contribution in [-0.2, 0) is 22.5 Å². The molecule has 0 atom stereocenters. The Morgan fingerprint density at radius 2 is 1.70 bits per heavy atom. The van der Waals surface area contributed by atoms with Crippen LogP contribution in [0.2, 0.25) is 0 Å². The fourth-order valence-electron chi connectivity index (χ4n) is 7.81. The van der Waals surface area contributed by atoms with Crippen molar-refractivity contribution in [2.45, 2.75) is 78.4 Å². The van der Waals surface area contributed by atoms with Gasteiger partial charge in [-0.05, 0) is 137 Å². The number of hydrogen-bond donors (Lipinski definition) is 2. The second-order valence-corrected chi connectivity index (χ2v) is 17.0. The Labute approximate surface area is 338 Å². The van der Waals surface area contributed by atoms with E-state index in [9.17, 15) is 14.4 Å². The maximum atomic E-state index is 13.9. The molecule has 57 heavy (non-hydrogen) atoms. The zero-order chi connectivity index (χ0) is 40.1. The number of benzene rings is 3. The first kappa shape index (κ1) is 39.9. The maximum Gasteiger partial charge on any atom is 0.358 e. The average molecular weight is 790 g/mol. The standard InChI is InChI=1S/C45H51N5O6S/c1-29-32(13-10-16-37(29)55-26-8-7-11-30-20-23-49(24-21-30)28-40(51)52)33-18-19-39(47-41(33)43(54)56-45(2,3)4)50-25-22-31-12-9-14-34(35(31)27-50)42(53)48-44-46-36-15-5-6-17-38(36)57-44/h5-6,9-10,12-19,30H,7-8,11,20-28H2,1-4H3,(H,51,52)(H,46,48,53). The molecule has 298 valence electrons. The molecule has 0 radical (unpaired) electrons. The van der Waals surface area contributed by atoms with E-state index in [1.54, 1.807) is 0 Å².